The van der Waals surface area contributed by atoms with Gasteiger partial charge < -0.3 is 21.7 Å². The number of halogens is 1. The molecule has 0 radical (unpaired) electrons. The van der Waals surface area contributed by atoms with Crippen molar-refractivity contribution in [2.75, 3.05) is 0 Å². The minimum absolute atomic E-state index is 0.0731. The van der Waals surface area contributed by atoms with Crippen LogP contribution in [0.5, 0.6) is 0 Å². The van der Waals surface area contributed by atoms with E-state index < -0.39 is 41.7 Å². The van der Waals surface area contributed by atoms with Crippen molar-refractivity contribution in [2.45, 2.75) is 37.4 Å². The molecule has 5 N–H and O–H groups in total. The molecule has 1 fully saturated rings. The predicted octanol–water partition coefficient (Wildman–Crippen LogP) is -0.0457. The quantitative estimate of drug-likeness (QED) is 0.472. The van der Waals surface area contributed by atoms with Crippen molar-refractivity contribution in [3.05, 3.63) is 71.5 Å². The summed E-state index contributed by atoms with van der Waals surface area (Å²) in [7, 11) is 0. The molecule has 8 nitrogen and oxygen atoms in total. The van der Waals surface area contributed by atoms with Gasteiger partial charge >= 0.3 is 0 Å². The van der Waals surface area contributed by atoms with Gasteiger partial charge in [-0.3, -0.25) is 19.2 Å². The molecular formula is C22H23FN4O4. The first kappa shape index (κ1) is 21.9. The van der Waals surface area contributed by atoms with E-state index in [1.165, 1.54) is 24.3 Å². The molecule has 0 bridgehead atoms. The number of benzene rings is 2. The van der Waals surface area contributed by atoms with Crippen LogP contribution in [-0.2, 0) is 32.0 Å². The van der Waals surface area contributed by atoms with E-state index in [0.717, 1.165) is 5.56 Å². The van der Waals surface area contributed by atoms with Crippen LogP contribution in [0.25, 0.3) is 0 Å². The average molecular weight is 426 g/mol. The predicted molar refractivity (Wildman–Crippen MR) is 110 cm³/mol. The number of hydrogen-bond donors (Lipinski definition) is 4. The van der Waals surface area contributed by atoms with E-state index in [2.05, 4.69) is 16.0 Å². The van der Waals surface area contributed by atoms with Gasteiger partial charge in [0.05, 0.1) is 6.42 Å². The lowest BCUT2D eigenvalue weighted by atomic mass is 10.0. The van der Waals surface area contributed by atoms with Crippen LogP contribution in [0.4, 0.5) is 4.39 Å². The Morgan fingerprint density at radius 3 is 2.19 bits per heavy atom. The monoisotopic (exact) mass is 426 g/mol. The topological polar surface area (TPSA) is 130 Å². The molecule has 0 saturated carbocycles. The van der Waals surface area contributed by atoms with Crippen molar-refractivity contribution >= 4 is 23.6 Å². The fourth-order valence-corrected chi connectivity index (χ4v) is 3.33. The highest BCUT2D eigenvalue weighted by molar-refractivity contribution is 5.99. The number of carbonyl (C=O) groups excluding carboxylic acids is 4. The lowest BCUT2D eigenvalue weighted by molar-refractivity contribution is -0.138. The summed E-state index contributed by atoms with van der Waals surface area (Å²) < 4.78 is 13.0. The molecule has 0 aliphatic carbocycles. The smallest absolute Gasteiger partial charge is 0.243 e. The molecular weight excluding hydrogens is 403 g/mol. The molecule has 2 aromatic carbocycles. The molecule has 0 spiro atoms. The first-order valence-corrected chi connectivity index (χ1v) is 9.79. The van der Waals surface area contributed by atoms with Crippen LogP contribution in [0.2, 0.25) is 0 Å². The van der Waals surface area contributed by atoms with Crippen LogP contribution < -0.4 is 21.7 Å². The van der Waals surface area contributed by atoms with Gasteiger partial charge in [0.25, 0.3) is 0 Å². The van der Waals surface area contributed by atoms with Gasteiger partial charge in [0.15, 0.2) is 0 Å². The lowest BCUT2D eigenvalue weighted by Gasteiger charge is -2.29. The van der Waals surface area contributed by atoms with Crippen LogP contribution in [0.1, 0.15) is 17.5 Å². The van der Waals surface area contributed by atoms with Crippen molar-refractivity contribution < 1.29 is 23.6 Å². The van der Waals surface area contributed by atoms with Gasteiger partial charge in [0, 0.05) is 12.8 Å². The Balaban J connectivity index is 1.55. The summed E-state index contributed by atoms with van der Waals surface area (Å²) in [4.78, 5) is 48.9. The molecule has 1 aliphatic heterocycles. The zero-order valence-electron chi connectivity index (χ0n) is 16.6. The minimum Gasteiger partial charge on any atom is -0.368 e. The summed E-state index contributed by atoms with van der Waals surface area (Å²) in [5.74, 6) is -2.68. The number of primary amides is 1. The number of piperazine rings is 1. The maximum atomic E-state index is 13.0. The number of rotatable bonds is 8. The molecule has 3 rings (SSSR count). The van der Waals surface area contributed by atoms with Gasteiger partial charge in [-0.1, -0.05) is 42.5 Å². The van der Waals surface area contributed by atoms with E-state index in [-0.39, 0.29) is 18.7 Å². The highest BCUT2D eigenvalue weighted by Crippen LogP contribution is 2.10. The van der Waals surface area contributed by atoms with Gasteiger partial charge in [-0.15, -0.1) is 0 Å². The summed E-state index contributed by atoms with van der Waals surface area (Å²) in [6.45, 7) is 0. The summed E-state index contributed by atoms with van der Waals surface area (Å²) in [5, 5.41) is 7.66. The molecule has 31 heavy (non-hydrogen) atoms. The van der Waals surface area contributed by atoms with Crippen LogP contribution in [-0.4, -0.2) is 41.8 Å². The third kappa shape index (κ3) is 6.11. The highest BCUT2D eigenvalue weighted by atomic mass is 19.1. The molecule has 1 aliphatic rings. The first-order valence-electron chi connectivity index (χ1n) is 9.79. The second-order valence-electron chi connectivity index (χ2n) is 7.37. The van der Waals surface area contributed by atoms with E-state index >= 15 is 0 Å². The van der Waals surface area contributed by atoms with E-state index in [4.69, 9.17) is 5.73 Å². The van der Waals surface area contributed by atoms with Gasteiger partial charge in [-0.2, -0.15) is 0 Å². The maximum absolute atomic E-state index is 13.0. The highest BCUT2D eigenvalue weighted by Gasteiger charge is 2.35. The molecule has 162 valence electrons. The number of nitrogens with two attached hydrogens (primary N) is 1. The van der Waals surface area contributed by atoms with Crippen molar-refractivity contribution in [3.8, 4) is 0 Å². The summed E-state index contributed by atoms with van der Waals surface area (Å²) in [5.41, 5.74) is 6.86. The number of amides is 4. The second kappa shape index (κ2) is 9.84. The zero-order chi connectivity index (χ0) is 22.4. The Labute approximate surface area is 178 Å². The van der Waals surface area contributed by atoms with E-state index in [1.807, 2.05) is 30.3 Å². The summed E-state index contributed by atoms with van der Waals surface area (Å²) in [6, 6.07) is 11.9. The molecule has 3 atom stereocenters. The normalized spacial score (nSPS) is 19.1. The summed E-state index contributed by atoms with van der Waals surface area (Å²) in [6.07, 6.45) is 0.0608. The zero-order valence-corrected chi connectivity index (χ0v) is 16.6. The molecule has 4 amide bonds. The Bertz CT molecular complexity index is 965. The Kier molecular flexibility index (Phi) is 6.96. The Morgan fingerprint density at radius 2 is 1.55 bits per heavy atom. The largest absolute Gasteiger partial charge is 0.368 e. The lowest BCUT2D eigenvalue weighted by Crippen LogP contribution is -2.63. The third-order valence-corrected chi connectivity index (χ3v) is 4.97. The van der Waals surface area contributed by atoms with Gasteiger partial charge in [-0.05, 0) is 23.3 Å². The molecule has 9 heteroatoms. The maximum Gasteiger partial charge on any atom is 0.243 e. The number of hydrogen-bond acceptors (Lipinski definition) is 4. The Morgan fingerprint density at radius 1 is 0.935 bits per heavy atom. The molecule has 1 saturated heterocycles. The van der Waals surface area contributed by atoms with E-state index in [1.54, 1.807) is 0 Å². The van der Waals surface area contributed by atoms with E-state index in [9.17, 15) is 23.6 Å². The van der Waals surface area contributed by atoms with Crippen molar-refractivity contribution in [1.29, 1.82) is 0 Å². The van der Waals surface area contributed by atoms with Crippen LogP contribution in [0, 0.1) is 5.82 Å². The fourth-order valence-electron chi connectivity index (χ4n) is 3.33. The number of carbonyl (C=O) groups is 4. The Hall–Kier alpha value is -3.75. The van der Waals surface area contributed by atoms with Gasteiger partial charge in [-0.25, -0.2) is 4.39 Å². The minimum atomic E-state index is -1.06. The standard InChI is InChI=1S/C22H23FN4O4/c23-15-8-6-14(7-9-15)10-16(20(24)29)25-19(28)12-18-22(31)26-17(21(30)27-18)11-13-4-2-1-3-5-13/h1-9,16-18H,10-12H2,(H2,24,29)(H,25,28)(H,26,31)(H,27,30)/t16-,17-,18-/m0/s1. The molecule has 1 heterocycles. The first-order chi connectivity index (χ1) is 14.8. The fraction of sp³-hybridized carbons (Fsp3) is 0.273. The van der Waals surface area contributed by atoms with Crippen molar-refractivity contribution in [2.24, 2.45) is 5.73 Å². The van der Waals surface area contributed by atoms with E-state index in [0.29, 0.717) is 12.0 Å². The van der Waals surface area contributed by atoms with Crippen LogP contribution in [0.3, 0.4) is 0 Å². The molecule has 0 aromatic heterocycles. The van der Waals surface area contributed by atoms with Crippen molar-refractivity contribution in [3.63, 3.8) is 0 Å². The van der Waals surface area contributed by atoms with Crippen molar-refractivity contribution in [1.82, 2.24) is 16.0 Å². The third-order valence-electron chi connectivity index (χ3n) is 4.97. The number of nitrogens with one attached hydrogen (secondary N) is 3. The van der Waals surface area contributed by atoms with Crippen LogP contribution >= 0.6 is 0 Å². The SMILES string of the molecule is NC(=O)[C@H](Cc1ccc(F)cc1)NC(=O)C[C@@H]1NC(=O)[C@H](Cc2ccccc2)NC1=O. The second-order valence-corrected chi connectivity index (χ2v) is 7.37. The van der Waals surface area contributed by atoms with Crippen LogP contribution in [0.15, 0.2) is 54.6 Å². The van der Waals surface area contributed by atoms with Gasteiger partial charge in [0.1, 0.15) is 23.9 Å². The molecule has 2 aromatic rings. The van der Waals surface area contributed by atoms with Gasteiger partial charge in [0.2, 0.25) is 23.6 Å². The summed E-state index contributed by atoms with van der Waals surface area (Å²) >= 11 is 0. The molecule has 0 unspecified atom stereocenters. The average Bonchev–Trinajstić information content (AvgIpc) is 2.73.